The van der Waals surface area contributed by atoms with E-state index in [1.807, 2.05) is 30.5 Å². The largest absolute Gasteiger partial charge is 0.340 e. The third kappa shape index (κ3) is 6.43. The molecule has 150 valence electrons. The lowest BCUT2D eigenvalue weighted by molar-refractivity contribution is -0.118. The Hall–Kier alpha value is -1.69. The number of halogens is 2. The monoisotopic (exact) mass is 438 g/mol. The number of thioether (sulfide) groups is 1. The van der Waals surface area contributed by atoms with Crippen LogP contribution in [-0.4, -0.2) is 29.9 Å². The van der Waals surface area contributed by atoms with Crippen LogP contribution in [-0.2, 0) is 4.79 Å². The van der Waals surface area contributed by atoms with E-state index < -0.39 is 11.9 Å². The van der Waals surface area contributed by atoms with Crippen LogP contribution in [0.1, 0.15) is 42.1 Å². The van der Waals surface area contributed by atoms with E-state index in [4.69, 9.17) is 23.2 Å². The maximum Gasteiger partial charge on any atom is 0.253 e. The van der Waals surface area contributed by atoms with Crippen LogP contribution in [0.5, 0.6) is 0 Å². The highest BCUT2D eigenvalue weighted by atomic mass is 35.5. The molecule has 0 aromatic heterocycles. The fourth-order valence-corrected chi connectivity index (χ4v) is 3.56. The van der Waals surface area contributed by atoms with E-state index in [2.05, 4.69) is 24.5 Å². The lowest BCUT2D eigenvalue weighted by Crippen LogP contribution is -2.44. The van der Waals surface area contributed by atoms with Crippen LogP contribution in [0.4, 0.5) is 5.69 Å². The van der Waals surface area contributed by atoms with Crippen molar-refractivity contribution in [1.29, 1.82) is 0 Å². The molecule has 0 aliphatic heterocycles. The maximum atomic E-state index is 12.8. The molecule has 1 atom stereocenters. The van der Waals surface area contributed by atoms with Crippen LogP contribution in [0.2, 0.25) is 10.0 Å². The van der Waals surface area contributed by atoms with Gasteiger partial charge in [-0.15, -0.1) is 0 Å². The molecule has 4 nitrogen and oxygen atoms in total. The molecule has 0 heterocycles. The summed E-state index contributed by atoms with van der Waals surface area (Å²) in [6, 6.07) is 11.7. The van der Waals surface area contributed by atoms with E-state index in [1.54, 1.807) is 23.9 Å². The topological polar surface area (TPSA) is 58.2 Å². The summed E-state index contributed by atoms with van der Waals surface area (Å²) in [5.74, 6) is 0.490. The first kappa shape index (κ1) is 22.6. The second-order valence-electron chi connectivity index (χ2n) is 6.70. The molecule has 2 rings (SSSR count). The molecule has 0 aliphatic carbocycles. The molecule has 0 bridgehead atoms. The van der Waals surface area contributed by atoms with Gasteiger partial charge in [0.15, 0.2) is 0 Å². The standard InChI is InChI=1S/C21H24Cl2N2O2S/c1-13(2)14-4-7-16(8-5-14)24-21(27)19(10-11-28-3)25-20(26)17-9-6-15(22)12-18(17)23/h4-9,12-13,19H,10-11H2,1-3H3,(H,24,27)(H,25,26). The van der Waals surface area contributed by atoms with Gasteiger partial charge in [0.2, 0.25) is 5.91 Å². The third-order valence-corrected chi connectivity index (χ3v) is 5.44. The van der Waals surface area contributed by atoms with Crippen molar-refractivity contribution in [3.05, 3.63) is 63.6 Å². The smallest absolute Gasteiger partial charge is 0.253 e. The molecule has 0 saturated carbocycles. The van der Waals surface area contributed by atoms with Gasteiger partial charge in [-0.1, -0.05) is 49.2 Å². The lowest BCUT2D eigenvalue weighted by Gasteiger charge is -2.19. The number of amides is 2. The van der Waals surface area contributed by atoms with Gasteiger partial charge in [0, 0.05) is 10.7 Å². The first-order valence-electron chi connectivity index (χ1n) is 8.97. The predicted octanol–water partition coefficient (Wildman–Crippen LogP) is 5.61. The second-order valence-corrected chi connectivity index (χ2v) is 8.53. The van der Waals surface area contributed by atoms with E-state index in [0.717, 1.165) is 5.75 Å². The molecule has 2 aromatic rings. The Kier molecular flexibility index (Phi) is 8.67. The Balaban J connectivity index is 2.10. The number of hydrogen-bond donors (Lipinski definition) is 2. The highest BCUT2D eigenvalue weighted by molar-refractivity contribution is 7.98. The van der Waals surface area contributed by atoms with Crippen molar-refractivity contribution >= 4 is 52.5 Å². The van der Waals surface area contributed by atoms with Gasteiger partial charge in [0.1, 0.15) is 6.04 Å². The highest BCUT2D eigenvalue weighted by Gasteiger charge is 2.22. The van der Waals surface area contributed by atoms with Gasteiger partial charge >= 0.3 is 0 Å². The van der Waals surface area contributed by atoms with E-state index in [0.29, 0.717) is 23.0 Å². The van der Waals surface area contributed by atoms with Crippen molar-refractivity contribution in [3.8, 4) is 0 Å². The number of anilines is 1. The number of carbonyl (C=O) groups is 2. The van der Waals surface area contributed by atoms with Crippen molar-refractivity contribution < 1.29 is 9.59 Å². The van der Waals surface area contributed by atoms with E-state index >= 15 is 0 Å². The number of carbonyl (C=O) groups excluding carboxylic acids is 2. The quantitative estimate of drug-likeness (QED) is 0.562. The lowest BCUT2D eigenvalue weighted by atomic mass is 10.0. The number of hydrogen-bond acceptors (Lipinski definition) is 3. The van der Waals surface area contributed by atoms with Crippen LogP contribution < -0.4 is 10.6 Å². The van der Waals surface area contributed by atoms with E-state index in [-0.39, 0.29) is 16.5 Å². The Morgan fingerprint density at radius 1 is 1.07 bits per heavy atom. The normalized spacial score (nSPS) is 11.9. The molecule has 0 radical (unpaired) electrons. The van der Waals surface area contributed by atoms with Crippen LogP contribution in [0.3, 0.4) is 0 Å². The molecule has 0 aliphatic rings. The zero-order valence-electron chi connectivity index (χ0n) is 16.1. The predicted molar refractivity (Wildman–Crippen MR) is 120 cm³/mol. The molecule has 2 N–H and O–H groups in total. The van der Waals surface area contributed by atoms with Crippen molar-refractivity contribution in [2.75, 3.05) is 17.3 Å². The number of rotatable bonds is 8. The van der Waals surface area contributed by atoms with Crippen molar-refractivity contribution in [2.24, 2.45) is 0 Å². The Morgan fingerprint density at radius 2 is 1.75 bits per heavy atom. The highest BCUT2D eigenvalue weighted by Crippen LogP contribution is 2.21. The van der Waals surface area contributed by atoms with Crippen molar-refractivity contribution in [1.82, 2.24) is 5.32 Å². The van der Waals surface area contributed by atoms with E-state index in [1.165, 1.54) is 11.6 Å². The Bertz CT molecular complexity index is 826. The Labute approximate surface area is 180 Å². The summed E-state index contributed by atoms with van der Waals surface area (Å²) in [6.45, 7) is 4.23. The average molecular weight is 439 g/mol. The molecule has 1 unspecified atom stereocenters. The minimum Gasteiger partial charge on any atom is -0.340 e. The summed E-state index contributed by atoms with van der Waals surface area (Å²) in [7, 11) is 0. The van der Waals surface area contributed by atoms with Gasteiger partial charge < -0.3 is 10.6 Å². The zero-order valence-corrected chi connectivity index (χ0v) is 18.4. The number of nitrogens with one attached hydrogen (secondary N) is 2. The molecular formula is C21H24Cl2N2O2S. The van der Waals surface area contributed by atoms with E-state index in [9.17, 15) is 9.59 Å². The first-order valence-corrected chi connectivity index (χ1v) is 11.1. The van der Waals surface area contributed by atoms with Gasteiger partial charge in [-0.05, 0) is 60.2 Å². The molecule has 7 heteroatoms. The summed E-state index contributed by atoms with van der Waals surface area (Å²) >= 11 is 13.6. The molecule has 0 fully saturated rings. The van der Waals surface area contributed by atoms with Crippen LogP contribution in [0, 0.1) is 0 Å². The summed E-state index contributed by atoms with van der Waals surface area (Å²) in [4.78, 5) is 25.4. The third-order valence-electron chi connectivity index (χ3n) is 4.25. The van der Waals surface area contributed by atoms with Crippen molar-refractivity contribution in [3.63, 3.8) is 0 Å². The first-order chi connectivity index (χ1) is 13.3. The maximum absolute atomic E-state index is 12.8. The minimum atomic E-state index is -0.670. The molecule has 2 aromatic carbocycles. The van der Waals surface area contributed by atoms with Gasteiger partial charge in [0.05, 0.1) is 10.6 Å². The van der Waals surface area contributed by atoms with Gasteiger partial charge in [-0.25, -0.2) is 0 Å². The molecule has 0 spiro atoms. The fraction of sp³-hybridized carbons (Fsp3) is 0.333. The Morgan fingerprint density at radius 3 is 2.32 bits per heavy atom. The van der Waals surface area contributed by atoms with Gasteiger partial charge in [0.25, 0.3) is 5.91 Å². The number of benzene rings is 2. The van der Waals surface area contributed by atoms with Crippen molar-refractivity contribution in [2.45, 2.75) is 32.2 Å². The van der Waals surface area contributed by atoms with Gasteiger partial charge in [-0.3, -0.25) is 9.59 Å². The second kappa shape index (κ2) is 10.7. The average Bonchev–Trinajstić information content (AvgIpc) is 2.65. The fourth-order valence-electron chi connectivity index (χ4n) is 2.59. The summed E-state index contributed by atoms with van der Waals surface area (Å²) in [6.07, 6.45) is 2.46. The molecule has 2 amide bonds. The zero-order chi connectivity index (χ0) is 20.7. The molecular weight excluding hydrogens is 415 g/mol. The van der Waals surface area contributed by atoms with Crippen LogP contribution in [0.15, 0.2) is 42.5 Å². The van der Waals surface area contributed by atoms with Crippen LogP contribution in [0.25, 0.3) is 0 Å². The minimum absolute atomic E-state index is 0.248. The SMILES string of the molecule is CSCCC(NC(=O)c1ccc(Cl)cc1Cl)C(=O)Nc1ccc(C(C)C)cc1. The molecule has 28 heavy (non-hydrogen) atoms. The summed E-state index contributed by atoms with van der Waals surface area (Å²) < 4.78 is 0. The summed E-state index contributed by atoms with van der Waals surface area (Å²) in [5, 5.41) is 6.36. The summed E-state index contributed by atoms with van der Waals surface area (Å²) in [5.41, 5.74) is 2.18. The molecule has 0 saturated heterocycles. The van der Waals surface area contributed by atoms with Crippen LogP contribution >= 0.6 is 35.0 Å². The van der Waals surface area contributed by atoms with Gasteiger partial charge in [-0.2, -0.15) is 11.8 Å².